The lowest BCUT2D eigenvalue weighted by Crippen LogP contribution is -2.45. The van der Waals surface area contributed by atoms with Crippen molar-refractivity contribution in [2.75, 3.05) is 50.9 Å². The fourth-order valence-corrected chi connectivity index (χ4v) is 5.40. The number of hydrogen-bond donors (Lipinski definition) is 2. The lowest BCUT2D eigenvalue weighted by molar-refractivity contribution is 0.102. The minimum Gasteiger partial charge on any atom is -0.494 e. The zero-order valence-corrected chi connectivity index (χ0v) is 19.2. The molecule has 1 unspecified atom stereocenters. The number of thioether (sulfide) groups is 1. The van der Waals surface area contributed by atoms with Gasteiger partial charge >= 0.3 is 0 Å². The molecule has 7 nitrogen and oxygen atoms in total. The maximum Gasteiger partial charge on any atom is 0.255 e. The van der Waals surface area contributed by atoms with Gasteiger partial charge in [-0.25, -0.2) is 9.37 Å². The van der Waals surface area contributed by atoms with Crippen molar-refractivity contribution in [3.05, 3.63) is 60.0 Å². The molecule has 0 saturated carbocycles. The molecule has 3 aromatic rings. The summed E-state index contributed by atoms with van der Waals surface area (Å²) in [5.74, 6) is 0.166. The molecule has 2 aliphatic rings. The monoisotopic (exact) mass is 467 g/mol. The molecule has 0 bridgehead atoms. The number of halogens is 1. The van der Waals surface area contributed by atoms with Crippen molar-refractivity contribution in [3.8, 4) is 17.0 Å². The molecule has 0 spiro atoms. The summed E-state index contributed by atoms with van der Waals surface area (Å²) in [7, 11) is 1.39. The van der Waals surface area contributed by atoms with Gasteiger partial charge in [-0.15, -0.1) is 0 Å². The highest BCUT2D eigenvalue weighted by atomic mass is 32.2. The maximum atomic E-state index is 14.1. The third-order valence-electron chi connectivity index (χ3n) is 6.04. The largest absolute Gasteiger partial charge is 0.494 e. The van der Waals surface area contributed by atoms with Crippen LogP contribution in [-0.2, 0) is 0 Å². The third-order valence-corrected chi connectivity index (χ3v) is 7.15. The quantitative estimate of drug-likeness (QED) is 0.578. The first-order chi connectivity index (χ1) is 16.1. The number of fused-ring (bicyclic) bond motifs is 1. The Bertz CT molecular complexity index is 1160. The summed E-state index contributed by atoms with van der Waals surface area (Å²) in [5.41, 5.74) is 2.52. The Morgan fingerprint density at radius 3 is 2.88 bits per heavy atom. The minimum atomic E-state index is -0.573. The number of nitrogens with zero attached hydrogens (tertiary/aromatic N) is 3. The van der Waals surface area contributed by atoms with Gasteiger partial charge < -0.3 is 19.9 Å². The van der Waals surface area contributed by atoms with Crippen molar-refractivity contribution < 1.29 is 13.9 Å². The van der Waals surface area contributed by atoms with Crippen LogP contribution in [0.2, 0.25) is 0 Å². The summed E-state index contributed by atoms with van der Waals surface area (Å²) in [6.45, 7) is 5.22. The number of amides is 1. The lowest BCUT2D eigenvalue weighted by atomic mass is 10.1. The maximum absolute atomic E-state index is 14.1. The molecule has 2 N–H and O–H groups in total. The number of methoxy groups -OCH3 is 1. The van der Waals surface area contributed by atoms with E-state index in [9.17, 15) is 9.18 Å². The van der Waals surface area contributed by atoms with Crippen molar-refractivity contribution in [3.63, 3.8) is 0 Å². The molecule has 0 radical (unpaired) electrons. The first-order valence-electron chi connectivity index (χ1n) is 11.0. The zero-order chi connectivity index (χ0) is 22.8. The molecule has 1 saturated heterocycles. The second kappa shape index (κ2) is 9.54. The van der Waals surface area contributed by atoms with E-state index in [1.54, 1.807) is 17.8 Å². The summed E-state index contributed by atoms with van der Waals surface area (Å²) < 4.78 is 21.3. The van der Waals surface area contributed by atoms with Gasteiger partial charge in [0.1, 0.15) is 0 Å². The summed E-state index contributed by atoms with van der Waals surface area (Å²) in [6, 6.07) is 12.1. The van der Waals surface area contributed by atoms with Crippen LogP contribution in [0.3, 0.4) is 0 Å². The van der Waals surface area contributed by atoms with Gasteiger partial charge in [-0.05, 0) is 24.3 Å². The Kier molecular flexibility index (Phi) is 6.34. The van der Waals surface area contributed by atoms with E-state index in [-0.39, 0.29) is 17.2 Å². The molecular formula is C24H26FN5O2S. The van der Waals surface area contributed by atoms with E-state index in [1.165, 1.54) is 19.2 Å². The number of hydrogen-bond acceptors (Lipinski definition) is 6. The molecule has 1 atom stereocenters. The molecule has 33 heavy (non-hydrogen) atoms. The minimum absolute atomic E-state index is 0.104. The van der Waals surface area contributed by atoms with E-state index < -0.39 is 5.82 Å². The Hall–Kier alpha value is -2.88. The van der Waals surface area contributed by atoms with Crippen molar-refractivity contribution in [2.45, 2.75) is 11.2 Å². The topological polar surface area (TPSA) is 71.4 Å². The summed E-state index contributed by atoms with van der Waals surface area (Å²) in [6.07, 6.45) is 2.08. The zero-order valence-electron chi connectivity index (χ0n) is 18.4. The van der Waals surface area contributed by atoms with E-state index in [0.29, 0.717) is 11.7 Å². The molecule has 0 aliphatic carbocycles. The Morgan fingerprint density at radius 2 is 2.09 bits per heavy atom. The summed E-state index contributed by atoms with van der Waals surface area (Å²) in [4.78, 5) is 20.2. The average Bonchev–Trinajstić information content (AvgIpc) is 3.42. The van der Waals surface area contributed by atoms with Gasteiger partial charge in [0.15, 0.2) is 16.7 Å². The Balaban J connectivity index is 1.36. The first kappa shape index (κ1) is 21.9. The number of ether oxygens (including phenoxy) is 1. The predicted molar refractivity (Wildman–Crippen MR) is 128 cm³/mol. The molecule has 9 heteroatoms. The SMILES string of the molecule is COc1ccc(C(=O)Nc2ccccc2-c2cn3c(n2)SCC3CN2CCNCC2)cc1F. The van der Waals surface area contributed by atoms with Gasteiger partial charge in [-0.2, -0.15) is 0 Å². The number of benzene rings is 2. The Labute approximate surface area is 196 Å². The van der Waals surface area contributed by atoms with E-state index in [4.69, 9.17) is 9.72 Å². The van der Waals surface area contributed by atoms with E-state index in [2.05, 4.69) is 26.3 Å². The molecule has 2 aromatic carbocycles. The fourth-order valence-electron chi connectivity index (χ4n) is 4.28. The highest BCUT2D eigenvalue weighted by Gasteiger charge is 2.28. The van der Waals surface area contributed by atoms with Crippen LogP contribution in [0.1, 0.15) is 16.4 Å². The third kappa shape index (κ3) is 4.62. The normalized spacial score (nSPS) is 18.2. The fraction of sp³-hybridized carbons (Fsp3) is 0.333. The molecule has 1 aromatic heterocycles. The van der Waals surface area contributed by atoms with Crippen LogP contribution >= 0.6 is 11.8 Å². The molecule has 3 heterocycles. The molecule has 2 aliphatic heterocycles. The van der Waals surface area contributed by atoms with Gasteiger partial charge in [0.25, 0.3) is 5.91 Å². The second-order valence-electron chi connectivity index (χ2n) is 8.18. The van der Waals surface area contributed by atoms with Crippen molar-refractivity contribution in [1.29, 1.82) is 0 Å². The van der Waals surface area contributed by atoms with Crippen LogP contribution < -0.4 is 15.4 Å². The van der Waals surface area contributed by atoms with Gasteiger partial charge in [-0.3, -0.25) is 9.69 Å². The van der Waals surface area contributed by atoms with Crippen molar-refractivity contribution in [2.24, 2.45) is 0 Å². The van der Waals surface area contributed by atoms with Gasteiger partial charge in [0.2, 0.25) is 0 Å². The number of aromatic nitrogens is 2. The standard InChI is InChI=1S/C24H26FN5O2S/c1-32-22-7-6-16(12-19(22)25)23(31)27-20-5-3-2-4-18(20)21-14-30-17(15-33-24(30)28-21)13-29-10-8-26-9-11-29/h2-7,12,14,17,26H,8-11,13,15H2,1H3,(H,27,31). The van der Waals surface area contributed by atoms with E-state index >= 15 is 0 Å². The van der Waals surface area contributed by atoms with Crippen LogP contribution in [0.25, 0.3) is 11.3 Å². The van der Waals surface area contributed by atoms with Crippen molar-refractivity contribution in [1.82, 2.24) is 19.8 Å². The van der Waals surface area contributed by atoms with Crippen LogP contribution in [0, 0.1) is 5.82 Å². The number of piperazine rings is 1. The highest BCUT2D eigenvalue weighted by molar-refractivity contribution is 7.99. The number of carbonyl (C=O) groups is 1. The van der Waals surface area contributed by atoms with Gasteiger partial charge in [-0.1, -0.05) is 30.0 Å². The van der Waals surface area contributed by atoms with Crippen LogP contribution in [0.4, 0.5) is 10.1 Å². The summed E-state index contributed by atoms with van der Waals surface area (Å²) >= 11 is 1.77. The lowest BCUT2D eigenvalue weighted by Gasteiger charge is -2.29. The van der Waals surface area contributed by atoms with Gasteiger partial charge in [0.05, 0.1) is 24.5 Å². The van der Waals surface area contributed by atoms with Crippen molar-refractivity contribution >= 4 is 23.4 Å². The van der Waals surface area contributed by atoms with Crippen LogP contribution in [0.15, 0.2) is 53.8 Å². The molecule has 172 valence electrons. The van der Waals surface area contributed by atoms with Crippen LogP contribution in [-0.4, -0.2) is 65.9 Å². The average molecular weight is 468 g/mol. The number of rotatable bonds is 6. The molecular weight excluding hydrogens is 441 g/mol. The Morgan fingerprint density at radius 1 is 1.27 bits per heavy atom. The predicted octanol–water partition coefficient (Wildman–Crippen LogP) is 3.50. The molecule has 1 fully saturated rings. The number of imidazole rings is 1. The van der Waals surface area contributed by atoms with E-state index in [1.807, 2.05) is 24.3 Å². The molecule has 1 amide bonds. The van der Waals surface area contributed by atoms with Gasteiger partial charge in [0, 0.05) is 55.8 Å². The van der Waals surface area contributed by atoms with Crippen LogP contribution in [0.5, 0.6) is 5.75 Å². The van der Waals surface area contributed by atoms with E-state index in [0.717, 1.165) is 54.9 Å². The second-order valence-corrected chi connectivity index (χ2v) is 9.17. The number of para-hydroxylation sites is 1. The smallest absolute Gasteiger partial charge is 0.255 e. The highest BCUT2D eigenvalue weighted by Crippen LogP contribution is 2.37. The number of carbonyl (C=O) groups excluding carboxylic acids is 1. The summed E-state index contributed by atoms with van der Waals surface area (Å²) in [5, 5.41) is 7.32. The molecule has 5 rings (SSSR count). The first-order valence-corrected chi connectivity index (χ1v) is 12.0. The number of nitrogens with one attached hydrogen (secondary N) is 2. The number of anilines is 1.